The fourth-order valence-electron chi connectivity index (χ4n) is 2.17. The second kappa shape index (κ2) is 5.65. The Kier molecular flexibility index (Phi) is 4.17. The van der Waals surface area contributed by atoms with Crippen molar-refractivity contribution >= 4 is 23.4 Å². The highest BCUT2D eigenvalue weighted by Crippen LogP contribution is 2.37. The molecule has 0 aliphatic carbocycles. The largest absolute Gasteiger partial charge is 0.360 e. The summed E-state index contributed by atoms with van der Waals surface area (Å²) in [6.07, 6.45) is 0. The first kappa shape index (κ1) is 13.3. The summed E-state index contributed by atoms with van der Waals surface area (Å²) in [7, 11) is 0. The van der Waals surface area contributed by atoms with E-state index in [2.05, 4.69) is 35.3 Å². The van der Waals surface area contributed by atoms with E-state index in [1.54, 1.807) is 0 Å². The first-order valence-electron chi connectivity index (χ1n) is 6.36. The molecule has 1 amide bonds. The third-order valence-corrected chi connectivity index (χ3v) is 3.95. The topological polar surface area (TPSA) is 32.3 Å². The van der Waals surface area contributed by atoms with Gasteiger partial charge in [-0.1, -0.05) is 19.1 Å². The lowest BCUT2D eigenvalue weighted by Crippen LogP contribution is -2.43. The summed E-state index contributed by atoms with van der Waals surface area (Å²) in [6.45, 7) is 7.54. The second-order valence-electron chi connectivity index (χ2n) is 5.00. The molecule has 0 unspecified atom stereocenters. The molecule has 0 bridgehead atoms. The van der Waals surface area contributed by atoms with Gasteiger partial charge in [-0.05, 0) is 26.0 Å². The van der Waals surface area contributed by atoms with Gasteiger partial charge in [0.25, 0.3) is 0 Å². The number of anilines is 1. The van der Waals surface area contributed by atoms with Crippen LogP contribution in [0.2, 0.25) is 0 Å². The van der Waals surface area contributed by atoms with E-state index in [-0.39, 0.29) is 11.9 Å². The van der Waals surface area contributed by atoms with E-state index in [4.69, 9.17) is 0 Å². The molecule has 1 aliphatic heterocycles. The molecule has 1 atom stereocenters. The maximum atomic E-state index is 11.9. The standard InChI is InChI=1S/C14H20N2OS/c1-10(2)15-14(17)9-16-8-11(3)18-13-7-5-4-6-12(13)16/h4-7,10-11H,8-9H2,1-3H3,(H,15,17)/t11-/m1/s1. The fraction of sp³-hybridized carbons (Fsp3) is 0.500. The van der Waals surface area contributed by atoms with Gasteiger partial charge in [-0.25, -0.2) is 0 Å². The molecule has 0 radical (unpaired) electrons. The number of hydrogen-bond donors (Lipinski definition) is 1. The van der Waals surface area contributed by atoms with E-state index < -0.39 is 0 Å². The summed E-state index contributed by atoms with van der Waals surface area (Å²) in [5, 5.41) is 3.47. The predicted octanol–water partition coefficient (Wildman–Crippen LogP) is 2.51. The van der Waals surface area contributed by atoms with E-state index >= 15 is 0 Å². The molecule has 1 aromatic carbocycles. The molecule has 0 spiro atoms. The molecule has 1 heterocycles. The Labute approximate surface area is 113 Å². The van der Waals surface area contributed by atoms with Gasteiger partial charge in [-0.15, -0.1) is 11.8 Å². The van der Waals surface area contributed by atoms with Crippen molar-refractivity contribution in [3.8, 4) is 0 Å². The lowest BCUT2D eigenvalue weighted by Gasteiger charge is -2.33. The van der Waals surface area contributed by atoms with Crippen molar-refractivity contribution < 1.29 is 4.79 Å². The van der Waals surface area contributed by atoms with Crippen molar-refractivity contribution in [2.75, 3.05) is 18.0 Å². The van der Waals surface area contributed by atoms with Crippen LogP contribution in [0.1, 0.15) is 20.8 Å². The molecule has 0 fully saturated rings. The number of nitrogens with one attached hydrogen (secondary N) is 1. The van der Waals surface area contributed by atoms with Gasteiger partial charge in [-0.3, -0.25) is 4.79 Å². The van der Waals surface area contributed by atoms with Crippen molar-refractivity contribution in [2.24, 2.45) is 0 Å². The number of nitrogens with zero attached hydrogens (tertiary/aromatic N) is 1. The van der Waals surface area contributed by atoms with Gasteiger partial charge in [0.15, 0.2) is 0 Å². The third kappa shape index (κ3) is 3.19. The molecule has 3 nitrogen and oxygen atoms in total. The Morgan fingerprint density at radius 2 is 2.22 bits per heavy atom. The van der Waals surface area contributed by atoms with Crippen molar-refractivity contribution in [1.29, 1.82) is 0 Å². The van der Waals surface area contributed by atoms with Crippen LogP contribution in [0.4, 0.5) is 5.69 Å². The smallest absolute Gasteiger partial charge is 0.239 e. The van der Waals surface area contributed by atoms with Crippen molar-refractivity contribution in [2.45, 2.75) is 37.0 Å². The molecule has 18 heavy (non-hydrogen) atoms. The fourth-order valence-corrected chi connectivity index (χ4v) is 3.33. The van der Waals surface area contributed by atoms with Crippen LogP contribution < -0.4 is 10.2 Å². The van der Waals surface area contributed by atoms with Gasteiger partial charge in [0.05, 0.1) is 12.2 Å². The predicted molar refractivity (Wildman–Crippen MR) is 77.3 cm³/mol. The molecule has 1 aromatic rings. The second-order valence-corrected chi connectivity index (χ2v) is 6.48. The van der Waals surface area contributed by atoms with Crippen LogP contribution in [0.15, 0.2) is 29.2 Å². The van der Waals surface area contributed by atoms with Crippen molar-refractivity contribution in [3.63, 3.8) is 0 Å². The van der Waals surface area contributed by atoms with Gasteiger partial charge in [0.1, 0.15) is 0 Å². The van der Waals surface area contributed by atoms with Crippen molar-refractivity contribution in [3.05, 3.63) is 24.3 Å². The number of para-hydroxylation sites is 1. The quantitative estimate of drug-likeness (QED) is 0.910. The molecule has 98 valence electrons. The average Bonchev–Trinajstić information content (AvgIpc) is 2.27. The summed E-state index contributed by atoms with van der Waals surface area (Å²) in [5.41, 5.74) is 1.18. The number of carbonyl (C=O) groups excluding carboxylic acids is 1. The van der Waals surface area contributed by atoms with E-state index in [1.165, 1.54) is 10.6 Å². The van der Waals surface area contributed by atoms with E-state index in [0.717, 1.165) is 6.54 Å². The average molecular weight is 264 g/mol. The minimum atomic E-state index is 0.0962. The summed E-state index contributed by atoms with van der Waals surface area (Å²) in [4.78, 5) is 15.3. The van der Waals surface area contributed by atoms with Gasteiger partial charge < -0.3 is 10.2 Å². The van der Waals surface area contributed by atoms with Crippen LogP contribution >= 0.6 is 11.8 Å². The van der Waals surface area contributed by atoms with Crippen LogP contribution in [0.5, 0.6) is 0 Å². The van der Waals surface area contributed by atoms with Gasteiger partial charge in [0, 0.05) is 22.7 Å². The maximum absolute atomic E-state index is 11.9. The zero-order valence-electron chi connectivity index (χ0n) is 11.1. The highest BCUT2D eigenvalue weighted by Gasteiger charge is 2.23. The van der Waals surface area contributed by atoms with E-state index in [0.29, 0.717) is 11.8 Å². The first-order chi connectivity index (χ1) is 8.56. The molecule has 0 aromatic heterocycles. The molecule has 0 saturated heterocycles. The van der Waals surface area contributed by atoms with E-state index in [1.807, 2.05) is 31.7 Å². The number of carbonyl (C=O) groups is 1. The van der Waals surface area contributed by atoms with E-state index in [9.17, 15) is 4.79 Å². The van der Waals surface area contributed by atoms with Crippen LogP contribution in [-0.2, 0) is 4.79 Å². The van der Waals surface area contributed by atoms with Crippen LogP contribution in [0.3, 0.4) is 0 Å². The SMILES string of the molecule is CC(C)NC(=O)CN1C[C@@H](C)Sc2ccccc21. The molecule has 1 N–H and O–H groups in total. The minimum absolute atomic E-state index is 0.0962. The molecular weight excluding hydrogens is 244 g/mol. The van der Waals surface area contributed by atoms with Crippen molar-refractivity contribution in [1.82, 2.24) is 5.32 Å². The molecular formula is C14H20N2OS. The third-order valence-electron chi connectivity index (χ3n) is 2.80. The zero-order chi connectivity index (χ0) is 13.1. The van der Waals surface area contributed by atoms with Gasteiger partial charge >= 0.3 is 0 Å². The minimum Gasteiger partial charge on any atom is -0.360 e. The molecule has 1 aliphatic rings. The number of amides is 1. The number of benzene rings is 1. The molecule has 2 rings (SSSR count). The summed E-state index contributed by atoms with van der Waals surface area (Å²) < 4.78 is 0. The number of rotatable bonds is 3. The van der Waals surface area contributed by atoms with Gasteiger partial charge in [0.2, 0.25) is 5.91 Å². The Morgan fingerprint density at radius 3 is 2.94 bits per heavy atom. The maximum Gasteiger partial charge on any atom is 0.239 e. The highest BCUT2D eigenvalue weighted by molar-refractivity contribution is 8.00. The first-order valence-corrected chi connectivity index (χ1v) is 7.24. The summed E-state index contributed by atoms with van der Waals surface area (Å²) >= 11 is 1.88. The Balaban J connectivity index is 2.11. The van der Waals surface area contributed by atoms with Crippen LogP contribution in [-0.4, -0.2) is 30.3 Å². The van der Waals surface area contributed by atoms with Gasteiger partial charge in [-0.2, -0.15) is 0 Å². The highest BCUT2D eigenvalue weighted by atomic mass is 32.2. The number of thioether (sulfide) groups is 1. The lowest BCUT2D eigenvalue weighted by atomic mass is 10.2. The monoisotopic (exact) mass is 264 g/mol. The Hall–Kier alpha value is -1.16. The normalized spacial score (nSPS) is 18.7. The number of fused-ring (bicyclic) bond motifs is 1. The molecule has 4 heteroatoms. The van der Waals surface area contributed by atoms with Crippen LogP contribution in [0, 0.1) is 0 Å². The Morgan fingerprint density at radius 1 is 1.50 bits per heavy atom. The summed E-state index contributed by atoms with van der Waals surface area (Å²) in [6, 6.07) is 8.50. The van der Waals surface area contributed by atoms with Crippen LogP contribution in [0.25, 0.3) is 0 Å². The summed E-state index contributed by atoms with van der Waals surface area (Å²) in [5.74, 6) is 0.0962. The Bertz CT molecular complexity index is 434. The molecule has 0 saturated carbocycles. The number of hydrogen-bond acceptors (Lipinski definition) is 3. The zero-order valence-corrected chi connectivity index (χ0v) is 12.0. The lowest BCUT2D eigenvalue weighted by molar-refractivity contribution is -0.120.